The lowest BCUT2D eigenvalue weighted by Gasteiger charge is -2.35. The molecule has 0 spiro atoms. The van der Waals surface area contributed by atoms with E-state index in [4.69, 9.17) is 9.47 Å². The van der Waals surface area contributed by atoms with E-state index in [-0.39, 0.29) is 17.7 Å². The number of ether oxygens (including phenoxy) is 2. The molecule has 2 rings (SSSR count). The molecule has 5 nitrogen and oxygen atoms in total. The number of carbonyl (C=O) groups excluding carboxylic acids is 2. The summed E-state index contributed by atoms with van der Waals surface area (Å²) < 4.78 is 23.6. The number of rotatable bonds is 6. The molecule has 1 aliphatic carbocycles. The van der Waals surface area contributed by atoms with E-state index in [0.717, 1.165) is 12.8 Å². The van der Waals surface area contributed by atoms with Crippen molar-refractivity contribution in [3.05, 3.63) is 35.7 Å². The van der Waals surface area contributed by atoms with E-state index in [1.54, 1.807) is 13.0 Å². The Morgan fingerprint density at radius 2 is 2.04 bits per heavy atom. The molecule has 0 saturated heterocycles. The third-order valence-corrected chi connectivity index (χ3v) is 5.28. The Kier molecular flexibility index (Phi) is 7.39. The van der Waals surface area contributed by atoms with Gasteiger partial charge in [0.05, 0.1) is 7.11 Å². The van der Waals surface area contributed by atoms with Crippen molar-refractivity contribution in [3.63, 3.8) is 0 Å². The predicted molar refractivity (Wildman–Crippen MR) is 102 cm³/mol. The number of carbonyl (C=O) groups is 2. The zero-order valence-corrected chi connectivity index (χ0v) is 16.3. The lowest BCUT2D eigenvalue weighted by Crippen LogP contribution is -2.47. The molecule has 1 saturated carbocycles. The Labute approximate surface area is 159 Å². The molecule has 0 radical (unpaired) electrons. The van der Waals surface area contributed by atoms with Crippen LogP contribution in [0.5, 0.6) is 5.75 Å². The van der Waals surface area contributed by atoms with E-state index in [1.165, 1.54) is 37.8 Å². The molecule has 0 bridgehead atoms. The minimum Gasteiger partial charge on any atom is -0.494 e. The van der Waals surface area contributed by atoms with Crippen molar-refractivity contribution in [2.75, 3.05) is 7.11 Å². The molecule has 1 fully saturated rings. The van der Waals surface area contributed by atoms with Crippen LogP contribution in [0.2, 0.25) is 0 Å². The van der Waals surface area contributed by atoms with E-state index in [1.807, 2.05) is 0 Å². The minimum atomic E-state index is -0.890. The second-order valence-corrected chi connectivity index (χ2v) is 7.19. The molecular formula is C21H28FNO4. The van der Waals surface area contributed by atoms with Gasteiger partial charge in [-0.1, -0.05) is 32.8 Å². The van der Waals surface area contributed by atoms with Gasteiger partial charge in [0, 0.05) is 12.1 Å². The SMILES string of the molecule is COc1ccc(/C=C/C(=O)O[C@H](C)C(=O)N[C@H]2CCC[C@H](C)[C@H]2C)cc1F. The standard InChI is InChI=1S/C21H28FNO4/c1-13-6-5-7-18(14(13)2)23-21(25)15(3)27-20(24)11-9-16-8-10-19(26-4)17(22)12-16/h8-15,18H,5-7H2,1-4H3,(H,23,25)/b11-9+/t13-,14+,15+,18-/m0/s1. The van der Waals surface area contributed by atoms with Crippen LogP contribution in [0.15, 0.2) is 24.3 Å². The summed E-state index contributed by atoms with van der Waals surface area (Å²) in [6.45, 7) is 5.88. The molecule has 0 aromatic heterocycles. The Hall–Kier alpha value is -2.37. The minimum absolute atomic E-state index is 0.111. The van der Waals surface area contributed by atoms with Gasteiger partial charge in [-0.05, 0) is 49.0 Å². The normalized spacial score (nSPS) is 23.7. The van der Waals surface area contributed by atoms with E-state index in [0.29, 0.717) is 17.4 Å². The van der Waals surface area contributed by atoms with E-state index < -0.39 is 17.9 Å². The van der Waals surface area contributed by atoms with Crippen LogP contribution in [-0.2, 0) is 14.3 Å². The quantitative estimate of drug-likeness (QED) is 0.606. The number of benzene rings is 1. The van der Waals surface area contributed by atoms with Gasteiger partial charge in [-0.15, -0.1) is 0 Å². The van der Waals surface area contributed by atoms with Gasteiger partial charge in [-0.2, -0.15) is 0 Å². The number of nitrogens with one attached hydrogen (secondary N) is 1. The number of halogens is 1. The fraction of sp³-hybridized carbons (Fsp3) is 0.524. The molecule has 0 aliphatic heterocycles. The molecule has 4 atom stereocenters. The Morgan fingerprint density at radius 1 is 1.30 bits per heavy atom. The third kappa shape index (κ3) is 5.81. The number of amides is 1. The molecule has 1 aromatic carbocycles. The van der Waals surface area contributed by atoms with Gasteiger partial charge >= 0.3 is 5.97 Å². The van der Waals surface area contributed by atoms with Crippen molar-refractivity contribution in [2.24, 2.45) is 11.8 Å². The molecular weight excluding hydrogens is 349 g/mol. The molecule has 1 aliphatic rings. The molecule has 1 aromatic rings. The topological polar surface area (TPSA) is 64.6 Å². The fourth-order valence-electron chi connectivity index (χ4n) is 3.30. The highest BCUT2D eigenvalue weighted by molar-refractivity contribution is 5.90. The largest absolute Gasteiger partial charge is 0.494 e. The second-order valence-electron chi connectivity index (χ2n) is 7.19. The Bertz CT molecular complexity index is 703. The maximum absolute atomic E-state index is 13.6. The van der Waals surface area contributed by atoms with Crippen LogP contribution >= 0.6 is 0 Å². The van der Waals surface area contributed by atoms with Gasteiger partial charge < -0.3 is 14.8 Å². The van der Waals surface area contributed by atoms with Gasteiger partial charge in [0.15, 0.2) is 17.7 Å². The van der Waals surface area contributed by atoms with E-state index >= 15 is 0 Å². The maximum Gasteiger partial charge on any atom is 0.331 e. The van der Waals surface area contributed by atoms with Crippen molar-refractivity contribution in [3.8, 4) is 5.75 Å². The predicted octanol–water partition coefficient (Wildman–Crippen LogP) is 3.72. The highest BCUT2D eigenvalue weighted by Crippen LogP contribution is 2.29. The summed E-state index contributed by atoms with van der Waals surface area (Å²) in [5.41, 5.74) is 0.493. The first-order valence-electron chi connectivity index (χ1n) is 9.34. The average molecular weight is 377 g/mol. The van der Waals surface area contributed by atoms with Gasteiger partial charge in [-0.25, -0.2) is 9.18 Å². The van der Waals surface area contributed by atoms with E-state index in [2.05, 4.69) is 19.2 Å². The Balaban J connectivity index is 1.87. The fourth-order valence-corrected chi connectivity index (χ4v) is 3.30. The summed E-state index contributed by atoms with van der Waals surface area (Å²) in [6.07, 6.45) is 4.93. The molecule has 6 heteroatoms. The van der Waals surface area contributed by atoms with Gasteiger partial charge in [0.1, 0.15) is 0 Å². The van der Waals surface area contributed by atoms with Crippen LogP contribution in [0.25, 0.3) is 6.08 Å². The van der Waals surface area contributed by atoms with Crippen LogP contribution < -0.4 is 10.1 Å². The monoisotopic (exact) mass is 377 g/mol. The summed E-state index contributed by atoms with van der Waals surface area (Å²) in [6, 6.07) is 4.46. The van der Waals surface area contributed by atoms with Crippen LogP contribution in [0.1, 0.15) is 45.6 Å². The number of hydrogen-bond acceptors (Lipinski definition) is 4. The lowest BCUT2D eigenvalue weighted by molar-refractivity contribution is -0.150. The highest BCUT2D eigenvalue weighted by Gasteiger charge is 2.29. The summed E-state index contributed by atoms with van der Waals surface area (Å²) in [4.78, 5) is 24.3. The first kappa shape index (κ1) is 20.9. The third-order valence-electron chi connectivity index (χ3n) is 5.28. The summed E-state index contributed by atoms with van der Waals surface area (Å²) in [7, 11) is 1.38. The van der Waals surface area contributed by atoms with Crippen LogP contribution in [0.3, 0.4) is 0 Å². The van der Waals surface area contributed by atoms with Crippen LogP contribution in [0, 0.1) is 17.7 Å². The van der Waals surface area contributed by atoms with Crippen molar-refractivity contribution in [1.29, 1.82) is 0 Å². The highest BCUT2D eigenvalue weighted by atomic mass is 19.1. The van der Waals surface area contributed by atoms with Crippen molar-refractivity contribution in [2.45, 2.75) is 52.2 Å². The van der Waals surface area contributed by atoms with Gasteiger partial charge in [-0.3, -0.25) is 4.79 Å². The number of esters is 1. The number of methoxy groups -OCH3 is 1. The van der Waals surface area contributed by atoms with Crippen molar-refractivity contribution in [1.82, 2.24) is 5.32 Å². The Morgan fingerprint density at radius 3 is 2.70 bits per heavy atom. The molecule has 1 amide bonds. The maximum atomic E-state index is 13.6. The smallest absolute Gasteiger partial charge is 0.331 e. The summed E-state index contributed by atoms with van der Waals surface area (Å²) in [5.74, 6) is -0.370. The molecule has 0 heterocycles. The summed E-state index contributed by atoms with van der Waals surface area (Å²) >= 11 is 0. The van der Waals surface area contributed by atoms with Gasteiger partial charge in [0.2, 0.25) is 0 Å². The lowest BCUT2D eigenvalue weighted by atomic mass is 9.78. The van der Waals surface area contributed by atoms with E-state index in [9.17, 15) is 14.0 Å². The zero-order valence-electron chi connectivity index (χ0n) is 16.3. The van der Waals surface area contributed by atoms with Crippen LogP contribution in [0.4, 0.5) is 4.39 Å². The van der Waals surface area contributed by atoms with Crippen LogP contribution in [-0.4, -0.2) is 31.1 Å². The first-order valence-corrected chi connectivity index (χ1v) is 9.34. The molecule has 1 N–H and O–H groups in total. The van der Waals surface area contributed by atoms with Gasteiger partial charge in [0.25, 0.3) is 5.91 Å². The average Bonchev–Trinajstić information content (AvgIpc) is 2.63. The second kappa shape index (κ2) is 9.53. The summed E-state index contributed by atoms with van der Waals surface area (Å²) in [5, 5.41) is 2.99. The zero-order chi connectivity index (χ0) is 20.0. The number of hydrogen-bond donors (Lipinski definition) is 1. The van der Waals surface area contributed by atoms with Crippen molar-refractivity contribution < 1.29 is 23.5 Å². The molecule has 0 unspecified atom stereocenters. The molecule has 148 valence electrons. The van der Waals surface area contributed by atoms with Crippen molar-refractivity contribution >= 4 is 18.0 Å². The molecule has 27 heavy (non-hydrogen) atoms. The first-order chi connectivity index (χ1) is 12.8.